The minimum atomic E-state index is -2.08. The summed E-state index contributed by atoms with van der Waals surface area (Å²) in [7, 11) is 0. The van der Waals surface area contributed by atoms with E-state index in [4.69, 9.17) is 0 Å². The fourth-order valence-electron chi connectivity index (χ4n) is 3.38. The molecule has 0 unspecified atom stereocenters. The van der Waals surface area contributed by atoms with Gasteiger partial charge in [0.05, 0.1) is 0 Å². The van der Waals surface area contributed by atoms with Crippen LogP contribution in [0.2, 0.25) is 0 Å². The maximum absolute atomic E-state index is 2.38. The number of rotatable bonds is 4. The van der Waals surface area contributed by atoms with Crippen molar-refractivity contribution < 1.29 is 0 Å². The van der Waals surface area contributed by atoms with E-state index >= 15 is 0 Å². The fourth-order valence-corrected chi connectivity index (χ4v) is 11.7. The van der Waals surface area contributed by atoms with Crippen LogP contribution in [0.25, 0.3) is 5.57 Å². The van der Waals surface area contributed by atoms with Gasteiger partial charge >= 0.3 is 146 Å². The van der Waals surface area contributed by atoms with Gasteiger partial charge in [0.25, 0.3) is 0 Å². The molecule has 2 aromatic rings. The van der Waals surface area contributed by atoms with E-state index in [1.807, 2.05) is 0 Å². The Balaban J connectivity index is 1.84. The van der Waals surface area contributed by atoms with Gasteiger partial charge in [0.2, 0.25) is 0 Å². The van der Waals surface area contributed by atoms with Crippen LogP contribution in [0.5, 0.6) is 0 Å². The normalized spacial score (nSPS) is 16.0. The molecular weight excluding hydrogens is 383 g/mol. The van der Waals surface area contributed by atoms with E-state index < -0.39 is 19.8 Å². The summed E-state index contributed by atoms with van der Waals surface area (Å²) >= 11 is -2.08. The van der Waals surface area contributed by atoms with Crippen LogP contribution in [-0.2, 0) is 0 Å². The van der Waals surface area contributed by atoms with Crippen LogP contribution in [0, 0.1) is 0 Å². The molecule has 0 fully saturated rings. The van der Waals surface area contributed by atoms with E-state index in [1.54, 1.807) is 10.7 Å². The molecule has 0 bridgehead atoms. The van der Waals surface area contributed by atoms with Crippen LogP contribution in [-0.4, -0.2) is 19.8 Å². The van der Waals surface area contributed by atoms with Gasteiger partial charge < -0.3 is 0 Å². The second kappa shape index (κ2) is 6.75. The Bertz CT molecular complexity index is 822. The molecule has 2 aromatic carbocycles. The molecule has 0 aromatic heterocycles. The Morgan fingerprint density at radius 1 is 0.696 bits per heavy atom. The van der Waals surface area contributed by atoms with Crippen LogP contribution in [0.1, 0.15) is 18.4 Å². The van der Waals surface area contributed by atoms with Crippen molar-refractivity contribution in [1.82, 2.24) is 0 Å². The minimum absolute atomic E-state index is 1.07. The van der Waals surface area contributed by atoms with Crippen molar-refractivity contribution in [1.29, 1.82) is 0 Å². The molecule has 1 heteroatoms. The van der Waals surface area contributed by atoms with Crippen molar-refractivity contribution in [3.63, 3.8) is 0 Å². The van der Waals surface area contributed by atoms with Crippen molar-refractivity contribution in [2.45, 2.75) is 12.8 Å². The summed E-state index contributed by atoms with van der Waals surface area (Å²) in [6.45, 7) is 0. The predicted octanol–water partition coefficient (Wildman–Crippen LogP) is 4.06. The van der Waals surface area contributed by atoms with Gasteiger partial charge in [0.1, 0.15) is 0 Å². The second-order valence-electron chi connectivity index (χ2n) is 5.93. The van der Waals surface area contributed by atoms with E-state index in [2.05, 4.69) is 91.1 Å². The molecule has 0 atom stereocenters. The molecule has 111 valence electrons. The fraction of sp³-hybridized carbons (Fsp3) is 0.0909. The molecule has 0 saturated heterocycles. The van der Waals surface area contributed by atoms with Crippen molar-refractivity contribution >= 4 is 32.5 Å². The third-order valence-corrected chi connectivity index (χ3v) is 12.7. The van der Waals surface area contributed by atoms with E-state index in [1.165, 1.54) is 11.1 Å². The van der Waals surface area contributed by atoms with Gasteiger partial charge in [0.15, 0.2) is 0 Å². The molecule has 2 aliphatic rings. The molecule has 0 nitrogen and oxygen atoms in total. The molecular formula is C22H19Sn. The Kier molecular flexibility index (Phi) is 4.34. The van der Waals surface area contributed by atoms with Crippen LogP contribution in [0.15, 0.2) is 94.6 Å². The summed E-state index contributed by atoms with van der Waals surface area (Å²) in [5.41, 5.74) is 2.95. The zero-order chi connectivity index (χ0) is 15.5. The Labute approximate surface area is 145 Å². The second-order valence-corrected chi connectivity index (χ2v) is 13.1. The molecule has 0 amide bonds. The SMILES string of the molecule is C1=CCC(c2cccc[c]2[Sn]([C]2=CC=CC2)[c]2ccccc2)=C1. The molecule has 23 heavy (non-hydrogen) atoms. The van der Waals surface area contributed by atoms with E-state index in [0.29, 0.717) is 0 Å². The Morgan fingerprint density at radius 3 is 2.17 bits per heavy atom. The summed E-state index contributed by atoms with van der Waals surface area (Å²) in [4.78, 5) is 0. The zero-order valence-corrected chi connectivity index (χ0v) is 15.9. The topological polar surface area (TPSA) is 0 Å². The first-order chi connectivity index (χ1) is 11.4. The van der Waals surface area contributed by atoms with Gasteiger partial charge in [-0.15, -0.1) is 0 Å². The summed E-state index contributed by atoms with van der Waals surface area (Å²) in [6, 6.07) is 20.3. The van der Waals surface area contributed by atoms with Gasteiger partial charge in [-0.2, -0.15) is 0 Å². The van der Waals surface area contributed by atoms with Crippen LogP contribution < -0.4 is 7.16 Å². The van der Waals surface area contributed by atoms with Gasteiger partial charge in [-0.05, 0) is 0 Å². The standard InChI is InChI=1S/C11H9.C6H5.C5H5.Sn/c1-2-6-10(7-3-1)11-8-4-5-9-11;1-2-4-6-5-3-1;1-2-4-5-3-1;/h1-6,8H,9H2;1-5H;1-3H,4H2;. The summed E-state index contributed by atoms with van der Waals surface area (Å²) in [5.74, 6) is 0. The maximum atomic E-state index is 2.38. The van der Waals surface area contributed by atoms with Gasteiger partial charge in [0, 0.05) is 0 Å². The van der Waals surface area contributed by atoms with Crippen molar-refractivity contribution in [2.75, 3.05) is 0 Å². The van der Waals surface area contributed by atoms with Crippen molar-refractivity contribution in [3.05, 3.63) is 100 Å². The molecule has 0 saturated carbocycles. The van der Waals surface area contributed by atoms with Gasteiger partial charge in [-0.25, -0.2) is 0 Å². The van der Waals surface area contributed by atoms with Crippen LogP contribution in [0.4, 0.5) is 0 Å². The Hall–Kier alpha value is -1.80. The Morgan fingerprint density at radius 2 is 1.43 bits per heavy atom. The first-order valence-electron chi connectivity index (χ1n) is 8.17. The molecule has 1 radical (unpaired) electrons. The van der Waals surface area contributed by atoms with Crippen LogP contribution in [0.3, 0.4) is 0 Å². The van der Waals surface area contributed by atoms with E-state index in [0.717, 1.165) is 12.8 Å². The summed E-state index contributed by atoms with van der Waals surface area (Å²) < 4.78 is 4.87. The van der Waals surface area contributed by atoms with Gasteiger partial charge in [-0.1, -0.05) is 0 Å². The van der Waals surface area contributed by atoms with Crippen molar-refractivity contribution in [3.8, 4) is 0 Å². The third-order valence-electron chi connectivity index (χ3n) is 4.47. The van der Waals surface area contributed by atoms with E-state index in [-0.39, 0.29) is 0 Å². The number of allylic oxidation sites excluding steroid dienone is 8. The zero-order valence-electron chi connectivity index (χ0n) is 13.1. The molecule has 0 aliphatic heterocycles. The average Bonchev–Trinajstić information content (AvgIpc) is 3.31. The van der Waals surface area contributed by atoms with Crippen LogP contribution >= 0.6 is 0 Å². The molecule has 0 N–H and O–H groups in total. The number of benzene rings is 2. The predicted molar refractivity (Wildman–Crippen MR) is 101 cm³/mol. The average molecular weight is 402 g/mol. The molecule has 0 spiro atoms. The molecule has 4 rings (SSSR count). The van der Waals surface area contributed by atoms with Gasteiger partial charge in [-0.3, -0.25) is 0 Å². The quantitative estimate of drug-likeness (QED) is 0.677. The number of hydrogen-bond acceptors (Lipinski definition) is 0. The first-order valence-corrected chi connectivity index (χ1v) is 12.5. The molecule has 0 heterocycles. The van der Waals surface area contributed by atoms with E-state index in [9.17, 15) is 0 Å². The van der Waals surface area contributed by atoms with Crippen molar-refractivity contribution in [2.24, 2.45) is 0 Å². The molecule has 2 aliphatic carbocycles. The first kappa shape index (κ1) is 14.8. The summed E-state index contributed by atoms with van der Waals surface area (Å²) in [6.07, 6.45) is 15.8. The third kappa shape index (κ3) is 3.00. The monoisotopic (exact) mass is 403 g/mol. The number of hydrogen-bond donors (Lipinski definition) is 0. The summed E-state index contributed by atoms with van der Waals surface area (Å²) in [5, 5.41) is 0.